The van der Waals surface area contributed by atoms with E-state index in [1.165, 1.54) is 10.9 Å². The van der Waals surface area contributed by atoms with Crippen LogP contribution < -0.4 is 0 Å². The molecule has 0 aliphatic heterocycles. The Morgan fingerprint density at radius 1 is 1.14 bits per heavy atom. The number of hydrogen-bond acceptors (Lipinski definition) is 0. The van der Waals surface area contributed by atoms with Crippen molar-refractivity contribution in [3.63, 3.8) is 0 Å². The minimum Gasteiger partial charge on any atom is -0.0837 e. The summed E-state index contributed by atoms with van der Waals surface area (Å²) in [6.07, 6.45) is 1.94. The lowest BCUT2D eigenvalue weighted by Gasteiger charge is -2.03. The standard InChI is InChI=1S/C13H12Cl/c1-2-4-10-7-8-11-5-3-6-13(14)12(11)9-10/h3,5-9H,1-2,4H2. The molecule has 2 aromatic rings. The van der Waals surface area contributed by atoms with E-state index in [0.717, 1.165) is 23.3 Å². The van der Waals surface area contributed by atoms with Gasteiger partial charge in [0.25, 0.3) is 0 Å². The van der Waals surface area contributed by atoms with Crippen molar-refractivity contribution < 1.29 is 0 Å². The Labute approximate surface area is 89.5 Å². The molecular weight excluding hydrogens is 192 g/mol. The van der Waals surface area contributed by atoms with Crippen molar-refractivity contribution in [3.05, 3.63) is 53.9 Å². The van der Waals surface area contributed by atoms with Crippen LogP contribution in [0.2, 0.25) is 5.02 Å². The zero-order chi connectivity index (χ0) is 9.97. The Balaban J connectivity index is 2.58. The van der Waals surface area contributed by atoms with Crippen LogP contribution in [0.5, 0.6) is 0 Å². The summed E-state index contributed by atoms with van der Waals surface area (Å²) in [5.74, 6) is 0. The van der Waals surface area contributed by atoms with E-state index in [4.69, 9.17) is 11.6 Å². The quantitative estimate of drug-likeness (QED) is 0.684. The highest BCUT2D eigenvalue weighted by molar-refractivity contribution is 6.35. The van der Waals surface area contributed by atoms with Crippen LogP contribution in [0.3, 0.4) is 0 Å². The van der Waals surface area contributed by atoms with Crippen LogP contribution in [0.15, 0.2) is 36.4 Å². The van der Waals surface area contributed by atoms with Crippen LogP contribution in [0.1, 0.15) is 12.0 Å². The minimum absolute atomic E-state index is 0.827. The molecule has 0 heterocycles. The molecule has 1 heteroatoms. The first kappa shape index (κ1) is 9.54. The smallest absolute Gasteiger partial charge is 0.0484 e. The summed E-state index contributed by atoms with van der Waals surface area (Å²) < 4.78 is 0. The molecule has 71 valence electrons. The highest BCUT2D eigenvalue weighted by Crippen LogP contribution is 2.24. The third kappa shape index (κ3) is 1.76. The highest BCUT2D eigenvalue weighted by atomic mass is 35.5. The Hall–Kier alpha value is -1.01. The molecular formula is C13H12Cl. The number of aryl methyl sites for hydroxylation is 1. The summed E-state index contributed by atoms with van der Waals surface area (Å²) >= 11 is 6.11. The molecule has 2 aromatic carbocycles. The molecule has 0 spiro atoms. The van der Waals surface area contributed by atoms with Gasteiger partial charge >= 0.3 is 0 Å². The van der Waals surface area contributed by atoms with Crippen molar-refractivity contribution >= 4 is 22.4 Å². The van der Waals surface area contributed by atoms with E-state index in [0.29, 0.717) is 0 Å². The molecule has 14 heavy (non-hydrogen) atoms. The highest BCUT2D eigenvalue weighted by Gasteiger charge is 1.99. The average Bonchev–Trinajstić information content (AvgIpc) is 2.20. The molecule has 0 fully saturated rings. The van der Waals surface area contributed by atoms with Gasteiger partial charge in [0.15, 0.2) is 0 Å². The average molecular weight is 204 g/mol. The van der Waals surface area contributed by atoms with Crippen LogP contribution in [0.25, 0.3) is 10.8 Å². The summed E-state index contributed by atoms with van der Waals surface area (Å²) in [6, 6.07) is 12.4. The van der Waals surface area contributed by atoms with Crippen LogP contribution in [-0.2, 0) is 6.42 Å². The Morgan fingerprint density at radius 3 is 2.79 bits per heavy atom. The van der Waals surface area contributed by atoms with Crippen molar-refractivity contribution in [2.75, 3.05) is 0 Å². The SMILES string of the molecule is [CH2]CCc1ccc2cccc(Cl)c2c1. The summed E-state index contributed by atoms with van der Waals surface area (Å²) in [4.78, 5) is 0. The molecule has 0 aliphatic carbocycles. The van der Waals surface area contributed by atoms with Gasteiger partial charge in [0.2, 0.25) is 0 Å². The second kappa shape index (κ2) is 4.02. The molecule has 2 rings (SSSR count). The molecule has 0 N–H and O–H groups in total. The second-order valence-corrected chi connectivity index (χ2v) is 3.81. The molecule has 0 saturated heterocycles. The van der Waals surface area contributed by atoms with Gasteiger partial charge < -0.3 is 0 Å². The largest absolute Gasteiger partial charge is 0.0837 e. The Bertz CT molecular complexity index is 446. The van der Waals surface area contributed by atoms with Gasteiger partial charge in [-0.05, 0) is 35.9 Å². The van der Waals surface area contributed by atoms with E-state index in [1.807, 2.05) is 12.1 Å². The fraction of sp³-hybridized carbons (Fsp3) is 0.154. The second-order valence-electron chi connectivity index (χ2n) is 3.40. The summed E-state index contributed by atoms with van der Waals surface area (Å²) in [5, 5.41) is 3.17. The van der Waals surface area contributed by atoms with Gasteiger partial charge in [-0.2, -0.15) is 0 Å². The third-order valence-electron chi connectivity index (χ3n) is 2.36. The number of rotatable bonds is 2. The van der Waals surface area contributed by atoms with Crippen molar-refractivity contribution in [3.8, 4) is 0 Å². The van der Waals surface area contributed by atoms with Gasteiger partial charge in [0, 0.05) is 10.4 Å². The van der Waals surface area contributed by atoms with E-state index in [-0.39, 0.29) is 0 Å². The lowest BCUT2D eigenvalue weighted by atomic mass is 10.0. The molecule has 0 nitrogen and oxygen atoms in total. The van der Waals surface area contributed by atoms with Gasteiger partial charge in [-0.15, -0.1) is 0 Å². The van der Waals surface area contributed by atoms with Gasteiger partial charge in [-0.1, -0.05) is 42.8 Å². The van der Waals surface area contributed by atoms with Gasteiger partial charge in [0.05, 0.1) is 0 Å². The fourth-order valence-corrected chi connectivity index (χ4v) is 1.88. The minimum atomic E-state index is 0.827. The molecule has 0 saturated carbocycles. The molecule has 0 aliphatic rings. The number of benzene rings is 2. The zero-order valence-electron chi connectivity index (χ0n) is 7.96. The van der Waals surface area contributed by atoms with Gasteiger partial charge in [-0.3, -0.25) is 0 Å². The summed E-state index contributed by atoms with van der Waals surface area (Å²) in [6.45, 7) is 3.85. The molecule has 0 bridgehead atoms. The summed E-state index contributed by atoms with van der Waals surface area (Å²) in [7, 11) is 0. The number of fused-ring (bicyclic) bond motifs is 1. The predicted molar refractivity (Wildman–Crippen MR) is 62.6 cm³/mol. The predicted octanol–water partition coefficient (Wildman–Crippen LogP) is 4.26. The third-order valence-corrected chi connectivity index (χ3v) is 2.69. The van der Waals surface area contributed by atoms with E-state index in [9.17, 15) is 0 Å². The zero-order valence-corrected chi connectivity index (χ0v) is 8.72. The fourth-order valence-electron chi connectivity index (χ4n) is 1.64. The molecule has 0 amide bonds. The maximum Gasteiger partial charge on any atom is 0.0484 e. The van der Waals surface area contributed by atoms with Gasteiger partial charge in [0.1, 0.15) is 0 Å². The van der Waals surface area contributed by atoms with E-state index < -0.39 is 0 Å². The monoisotopic (exact) mass is 203 g/mol. The van der Waals surface area contributed by atoms with Crippen LogP contribution in [0.4, 0.5) is 0 Å². The van der Waals surface area contributed by atoms with Crippen LogP contribution >= 0.6 is 11.6 Å². The lowest BCUT2D eigenvalue weighted by molar-refractivity contribution is 1.00. The molecule has 0 atom stereocenters. The normalized spacial score (nSPS) is 10.7. The van der Waals surface area contributed by atoms with Crippen molar-refractivity contribution in [2.24, 2.45) is 0 Å². The topological polar surface area (TPSA) is 0 Å². The van der Waals surface area contributed by atoms with E-state index in [2.05, 4.69) is 31.2 Å². The Morgan fingerprint density at radius 2 is 2.00 bits per heavy atom. The lowest BCUT2D eigenvalue weighted by Crippen LogP contribution is -1.83. The summed E-state index contributed by atoms with van der Waals surface area (Å²) in [5.41, 5.74) is 1.31. The maximum absolute atomic E-state index is 6.11. The van der Waals surface area contributed by atoms with Crippen LogP contribution in [0, 0.1) is 6.92 Å². The first-order valence-electron chi connectivity index (χ1n) is 4.77. The number of halogens is 1. The van der Waals surface area contributed by atoms with Crippen molar-refractivity contribution in [2.45, 2.75) is 12.8 Å². The molecule has 1 radical (unpaired) electrons. The first-order chi connectivity index (χ1) is 6.81. The number of hydrogen-bond donors (Lipinski definition) is 0. The Kier molecular flexibility index (Phi) is 2.74. The molecule has 0 aromatic heterocycles. The van der Waals surface area contributed by atoms with E-state index in [1.54, 1.807) is 0 Å². The van der Waals surface area contributed by atoms with Gasteiger partial charge in [-0.25, -0.2) is 0 Å². The molecule has 0 unspecified atom stereocenters. The maximum atomic E-state index is 6.11. The van der Waals surface area contributed by atoms with Crippen LogP contribution in [-0.4, -0.2) is 0 Å². The van der Waals surface area contributed by atoms with Crippen molar-refractivity contribution in [1.82, 2.24) is 0 Å². The first-order valence-corrected chi connectivity index (χ1v) is 5.15. The van der Waals surface area contributed by atoms with E-state index >= 15 is 0 Å². The van der Waals surface area contributed by atoms with Crippen molar-refractivity contribution in [1.29, 1.82) is 0 Å².